The molecule has 0 amide bonds. The molecule has 21 heavy (non-hydrogen) atoms. The Morgan fingerprint density at radius 2 is 2.14 bits per heavy atom. The number of aryl methyl sites for hydroxylation is 1. The molecule has 0 spiro atoms. The van der Waals surface area contributed by atoms with Crippen molar-refractivity contribution in [2.75, 3.05) is 7.05 Å². The number of rotatable bonds is 5. The van der Waals surface area contributed by atoms with Crippen LogP contribution in [0.1, 0.15) is 16.1 Å². The highest BCUT2D eigenvalue weighted by molar-refractivity contribution is 7.89. The van der Waals surface area contributed by atoms with Gasteiger partial charge in [0.05, 0.1) is 16.1 Å². The van der Waals surface area contributed by atoms with E-state index in [0.717, 1.165) is 16.6 Å². The third-order valence-electron chi connectivity index (χ3n) is 3.16. The maximum atomic E-state index is 13.4. The summed E-state index contributed by atoms with van der Waals surface area (Å²) in [5.41, 5.74) is 8.08. The van der Waals surface area contributed by atoms with Gasteiger partial charge in [0.25, 0.3) is 0 Å². The van der Waals surface area contributed by atoms with Gasteiger partial charge in [-0.05, 0) is 25.1 Å². The van der Waals surface area contributed by atoms with Crippen LogP contribution >= 0.6 is 11.3 Å². The zero-order valence-corrected chi connectivity index (χ0v) is 13.3. The lowest BCUT2D eigenvalue weighted by molar-refractivity contribution is 0.468. The number of benzene rings is 1. The van der Waals surface area contributed by atoms with E-state index in [-0.39, 0.29) is 23.5 Å². The van der Waals surface area contributed by atoms with Crippen LogP contribution in [0.15, 0.2) is 28.6 Å². The predicted molar refractivity (Wildman–Crippen MR) is 79.8 cm³/mol. The first-order valence-corrected chi connectivity index (χ1v) is 8.52. The Bertz CT molecular complexity index is 744. The number of aromatic nitrogens is 1. The summed E-state index contributed by atoms with van der Waals surface area (Å²) in [6.07, 6.45) is 0. The van der Waals surface area contributed by atoms with Crippen molar-refractivity contribution in [1.82, 2.24) is 9.29 Å². The molecule has 0 aliphatic heterocycles. The molecule has 2 rings (SSSR count). The SMILES string of the molecule is Cc1ncsc1CN(C)S(=O)(=O)c1ccc(F)c(CN)c1. The van der Waals surface area contributed by atoms with Crippen LogP contribution in [0.2, 0.25) is 0 Å². The maximum Gasteiger partial charge on any atom is 0.243 e. The summed E-state index contributed by atoms with van der Waals surface area (Å²) in [5, 5.41) is 0. The molecule has 114 valence electrons. The predicted octanol–water partition coefficient (Wildman–Crippen LogP) is 1.87. The van der Waals surface area contributed by atoms with Crippen molar-refractivity contribution >= 4 is 21.4 Å². The van der Waals surface area contributed by atoms with Crippen molar-refractivity contribution < 1.29 is 12.8 Å². The number of hydrogen-bond donors (Lipinski definition) is 1. The number of hydrogen-bond acceptors (Lipinski definition) is 5. The number of nitrogens with zero attached hydrogens (tertiary/aromatic N) is 2. The highest BCUT2D eigenvalue weighted by Gasteiger charge is 2.23. The molecule has 0 unspecified atom stereocenters. The minimum Gasteiger partial charge on any atom is -0.326 e. The largest absolute Gasteiger partial charge is 0.326 e. The van der Waals surface area contributed by atoms with Gasteiger partial charge in [0.1, 0.15) is 5.82 Å². The second-order valence-corrected chi connectivity index (χ2v) is 7.56. The van der Waals surface area contributed by atoms with Crippen molar-refractivity contribution in [1.29, 1.82) is 0 Å². The summed E-state index contributed by atoms with van der Waals surface area (Å²) < 4.78 is 39.6. The third kappa shape index (κ3) is 3.29. The van der Waals surface area contributed by atoms with E-state index < -0.39 is 15.8 Å². The molecule has 0 saturated carbocycles. The Hall–Kier alpha value is -1.35. The third-order valence-corrected chi connectivity index (χ3v) is 5.88. The molecule has 0 radical (unpaired) electrons. The van der Waals surface area contributed by atoms with E-state index in [1.807, 2.05) is 6.92 Å². The highest BCUT2D eigenvalue weighted by Crippen LogP contribution is 2.22. The normalized spacial score (nSPS) is 12.0. The first kappa shape index (κ1) is 16.0. The minimum absolute atomic E-state index is 0.0361. The van der Waals surface area contributed by atoms with Crippen LogP contribution in [0.3, 0.4) is 0 Å². The molecule has 0 aliphatic carbocycles. The number of thiazole rings is 1. The average Bonchev–Trinajstić information content (AvgIpc) is 2.84. The molecule has 1 aromatic heterocycles. The van der Waals surface area contributed by atoms with Crippen LogP contribution in [0.25, 0.3) is 0 Å². The molecule has 0 fully saturated rings. The molecule has 0 atom stereocenters. The molecular weight excluding hydrogens is 313 g/mol. The second-order valence-electron chi connectivity index (χ2n) is 4.58. The molecule has 5 nitrogen and oxygen atoms in total. The Balaban J connectivity index is 2.31. The van der Waals surface area contributed by atoms with Gasteiger partial charge < -0.3 is 5.73 Å². The maximum absolute atomic E-state index is 13.4. The van der Waals surface area contributed by atoms with Gasteiger partial charge in [-0.2, -0.15) is 4.31 Å². The first-order valence-electron chi connectivity index (χ1n) is 6.20. The molecule has 1 heterocycles. The molecule has 8 heteroatoms. The van der Waals surface area contributed by atoms with Gasteiger partial charge in [-0.25, -0.2) is 17.8 Å². The van der Waals surface area contributed by atoms with Gasteiger partial charge in [0, 0.05) is 30.6 Å². The zero-order chi connectivity index (χ0) is 15.6. The fraction of sp³-hybridized carbons (Fsp3) is 0.308. The number of halogens is 1. The fourth-order valence-electron chi connectivity index (χ4n) is 1.81. The smallest absolute Gasteiger partial charge is 0.243 e. The summed E-state index contributed by atoms with van der Waals surface area (Å²) in [6, 6.07) is 3.65. The highest BCUT2D eigenvalue weighted by atomic mass is 32.2. The molecule has 0 bridgehead atoms. The topological polar surface area (TPSA) is 76.3 Å². The van der Waals surface area contributed by atoms with Crippen LogP contribution in [-0.2, 0) is 23.1 Å². The average molecular weight is 329 g/mol. The Kier molecular flexibility index (Phi) is 4.72. The molecule has 1 aromatic carbocycles. The standard InChI is InChI=1S/C13H16FN3O2S2/c1-9-13(20-8-16-9)7-17(2)21(18,19)11-3-4-12(14)10(5-11)6-15/h3-5,8H,6-7,15H2,1-2H3. The lowest BCUT2D eigenvalue weighted by atomic mass is 10.2. The van der Waals surface area contributed by atoms with Gasteiger partial charge in [-0.3, -0.25) is 0 Å². The van der Waals surface area contributed by atoms with Crippen molar-refractivity contribution in [3.8, 4) is 0 Å². The van der Waals surface area contributed by atoms with Gasteiger partial charge in [0.15, 0.2) is 0 Å². The van der Waals surface area contributed by atoms with Crippen molar-refractivity contribution in [2.24, 2.45) is 5.73 Å². The van der Waals surface area contributed by atoms with Crippen molar-refractivity contribution in [2.45, 2.75) is 24.9 Å². The lowest BCUT2D eigenvalue weighted by Gasteiger charge is -2.17. The van der Waals surface area contributed by atoms with E-state index >= 15 is 0 Å². The van der Waals surface area contributed by atoms with Crippen molar-refractivity contribution in [3.63, 3.8) is 0 Å². The summed E-state index contributed by atoms with van der Waals surface area (Å²) >= 11 is 1.40. The Morgan fingerprint density at radius 3 is 2.71 bits per heavy atom. The molecular formula is C13H16FN3O2S2. The van der Waals surface area contributed by atoms with E-state index in [2.05, 4.69) is 4.98 Å². The van der Waals surface area contributed by atoms with Crippen LogP contribution in [0, 0.1) is 12.7 Å². The molecule has 0 aliphatic rings. The lowest BCUT2D eigenvalue weighted by Crippen LogP contribution is -2.26. The summed E-state index contributed by atoms with van der Waals surface area (Å²) in [5.74, 6) is -0.502. The van der Waals surface area contributed by atoms with Gasteiger partial charge in [-0.15, -0.1) is 11.3 Å². The summed E-state index contributed by atoms with van der Waals surface area (Å²) in [7, 11) is -2.21. The fourth-order valence-corrected chi connectivity index (χ4v) is 3.91. The number of sulfonamides is 1. The van der Waals surface area contributed by atoms with E-state index in [9.17, 15) is 12.8 Å². The minimum atomic E-state index is -3.69. The summed E-state index contributed by atoms with van der Waals surface area (Å²) in [4.78, 5) is 5.01. The van der Waals surface area contributed by atoms with Gasteiger partial charge >= 0.3 is 0 Å². The van der Waals surface area contributed by atoms with E-state index in [1.165, 1.54) is 34.8 Å². The zero-order valence-electron chi connectivity index (χ0n) is 11.7. The monoisotopic (exact) mass is 329 g/mol. The Morgan fingerprint density at radius 1 is 1.43 bits per heavy atom. The Labute approximate surface area is 127 Å². The van der Waals surface area contributed by atoms with Gasteiger partial charge in [-0.1, -0.05) is 0 Å². The first-order chi connectivity index (χ1) is 9.86. The van der Waals surface area contributed by atoms with Crippen molar-refractivity contribution in [3.05, 3.63) is 45.7 Å². The van der Waals surface area contributed by atoms with Crippen LogP contribution in [-0.4, -0.2) is 24.8 Å². The number of nitrogens with two attached hydrogens (primary N) is 1. The van der Waals surface area contributed by atoms with E-state index in [4.69, 9.17) is 5.73 Å². The summed E-state index contributed by atoms with van der Waals surface area (Å²) in [6.45, 7) is 2.01. The van der Waals surface area contributed by atoms with E-state index in [0.29, 0.717) is 0 Å². The van der Waals surface area contributed by atoms with Crippen LogP contribution in [0.5, 0.6) is 0 Å². The molecule has 2 aromatic rings. The van der Waals surface area contributed by atoms with Gasteiger partial charge in [0.2, 0.25) is 10.0 Å². The quantitative estimate of drug-likeness (QED) is 0.908. The molecule has 2 N–H and O–H groups in total. The second kappa shape index (κ2) is 6.18. The van der Waals surface area contributed by atoms with Crippen LogP contribution < -0.4 is 5.73 Å². The molecule has 0 saturated heterocycles. The van der Waals surface area contributed by atoms with Crippen LogP contribution in [0.4, 0.5) is 4.39 Å². The van der Waals surface area contributed by atoms with E-state index in [1.54, 1.807) is 5.51 Å².